The fourth-order valence-corrected chi connectivity index (χ4v) is 1.59. The van der Waals surface area contributed by atoms with E-state index in [-0.39, 0.29) is 11.5 Å². The van der Waals surface area contributed by atoms with E-state index in [0.717, 1.165) is 6.26 Å². The molecule has 0 saturated carbocycles. The maximum atomic E-state index is 10.7. The molecule has 12 heavy (non-hydrogen) atoms. The largest absolute Gasteiger partial charge is 0.467 e. The van der Waals surface area contributed by atoms with E-state index in [1.807, 2.05) is 0 Å². The van der Waals surface area contributed by atoms with Gasteiger partial charge in [-0.2, -0.15) is 0 Å². The molecule has 0 bridgehead atoms. The standard InChI is InChI=1S/C7H10O4S/c1-12(9,10)5-6(8)7-3-2-4-11-7/h2-4,6,8H,5H2,1H3. The molecule has 0 aliphatic carbocycles. The zero-order valence-electron chi connectivity index (χ0n) is 6.60. The summed E-state index contributed by atoms with van der Waals surface area (Å²) in [5.74, 6) is -0.0269. The minimum atomic E-state index is -3.16. The fourth-order valence-electron chi connectivity index (χ4n) is 0.850. The third kappa shape index (κ3) is 2.67. The van der Waals surface area contributed by atoms with Crippen molar-refractivity contribution in [3.05, 3.63) is 24.2 Å². The minimum absolute atomic E-state index is 0.278. The maximum Gasteiger partial charge on any atom is 0.150 e. The molecular weight excluding hydrogens is 180 g/mol. The first-order valence-corrected chi connectivity index (χ1v) is 5.44. The summed E-state index contributed by atoms with van der Waals surface area (Å²) in [6.07, 6.45) is 1.40. The second-order valence-corrected chi connectivity index (χ2v) is 4.81. The van der Waals surface area contributed by atoms with Crippen LogP contribution < -0.4 is 0 Å². The van der Waals surface area contributed by atoms with E-state index in [9.17, 15) is 13.5 Å². The summed E-state index contributed by atoms with van der Waals surface area (Å²) in [6.45, 7) is 0. The Balaban J connectivity index is 2.68. The highest BCUT2D eigenvalue weighted by atomic mass is 32.2. The van der Waals surface area contributed by atoms with Gasteiger partial charge in [0.1, 0.15) is 21.7 Å². The number of aliphatic hydroxyl groups is 1. The van der Waals surface area contributed by atoms with E-state index in [1.165, 1.54) is 12.3 Å². The number of rotatable bonds is 3. The van der Waals surface area contributed by atoms with Gasteiger partial charge in [0.05, 0.1) is 12.0 Å². The van der Waals surface area contributed by atoms with Gasteiger partial charge in [-0.1, -0.05) is 0 Å². The Kier molecular flexibility index (Phi) is 2.54. The van der Waals surface area contributed by atoms with E-state index in [4.69, 9.17) is 4.42 Å². The lowest BCUT2D eigenvalue weighted by Crippen LogP contribution is -2.11. The molecule has 1 N–H and O–H groups in total. The smallest absolute Gasteiger partial charge is 0.150 e. The first kappa shape index (κ1) is 9.28. The van der Waals surface area contributed by atoms with Crippen molar-refractivity contribution in [2.24, 2.45) is 0 Å². The van der Waals surface area contributed by atoms with Crippen molar-refractivity contribution < 1.29 is 17.9 Å². The SMILES string of the molecule is CS(=O)(=O)CC(O)c1ccco1. The van der Waals surface area contributed by atoms with E-state index < -0.39 is 15.9 Å². The molecule has 4 nitrogen and oxygen atoms in total. The third-order valence-electron chi connectivity index (χ3n) is 1.33. The van der Waals surface area contributed by atoms with Crippen molar-refractivity contribution in [3.63, 3.8) is 0 Å². The molecule has 0 fully saturated rings. The summed E-state index contributed by atoms with van der Waals surface area (Å²) < 4.78 is 26.3. The summed E-state index contributed by atoms with van der Waals surface area (Å²) in [5.41, 5.74) is 0. The molecule has 68 valence electrons. The third-order valence-corrected chi connectivity index (χ3v) is 2.25. The summed E-state index contributed by atoms with van der Waals surface area (Å²) >= 11 is 0. The van der Waals surface area contributed by atoms with Gasteiger partial charge in [0, 0.05) is 6.26 Å². The van der Waals surface area contributed by atoms with Crippen molar-refractivity contribution in [1.82, 2.24) is 0 Å². The van der Waals surface area contributed by atoms with Crippen LogP contribution in [0.5, 0.6) is 0 Å². The lowest BCUT2D eigenvalue weighted by Gasteiger charge is -2.04. The highest BCUT2D eigenvalue weighted by Gasteiger charge is 2.16. The first-order chi connectivity index (χ1) is 5.49. The van der Waals surface area contributed by atoms with Crippen LogP contribution in [0.1, 0.15) is 11.9 Å². The van der Waals surface area contributed by atoms with Gasteiger partial charge in [0.2, 0.25) is 0 Å². The second-order valence-electron chi connectivity index (χ2n) is 2.62. The maximum absolute atomic E-state index is 10.7. The van der Waals surface area contributed by atoms with E-state index >= 15 is 0 Å². The molecule has 0 aromatic carbocycles. The van der Waals surface area contributed by atoms with Gasteiger partial charge < -0.3 is 9.52 Å². The van der Waals surface area contributed by atoms with Gasteiger partial charge in [-0.3, -0.25) is 0 Å². The molecular formula is C7H10O4S. The Morgan fingerprint density at radius 3 is 2.75 bits per heavy atom. The van der Waals surface area contributed by atoms with Crippen LogP contribution in [0, 0.1) is 0 Å². The van der Waals surface area contributed by atoms with Crippen LogP contribution in [0.3, 0.4) is 0 Å². The van der Waals surface area contributed by atoms with Crippen LogP contribution in [-0.4, -0.2) is 25.5 Å². The summed E-state index contributed by atoms with van der Waals surface area (Å²) in [6, 6.07) is 3.14. The zero-order valence-corrected chi connectivity index (χ0v) is 7.41. The summed E-state index contributed by atoms with van der Waals surface area (Å²) in [5, 5.41) is 9.27. The molecule has 1 aromatic heterocycles. The number of hydrogen-bond donors (Lipinski definition) is 1. The monoisotopic (exact) mass is 190 g/mol. The zero-order chi connectivity index (χ0) is 9.19. The Bertz CT molecular complexity index is 324. The van der Waals surface area contributed by atoms with Crippen molar-refractivity contribution in [2.75, 3.05) is 12.0 Å². The summed E-state index contributed by atoms with van der Waals surface area (Å²) in [7, 11) is -3.16. The quantitative estimate of drug-likeness (QED) is 0.747. The number of furan rings is 1. The van der Waals surface area contributed by atoms with Gasteiger partial charge in [-0.25, -0.2) is 8.42 Å². The van der Waals surface area contributed by atoms with Gasteiger partial charge in [0.25, 0.3) is 0 Å². The summed E-state index contributed by atoms with van der Waals surface area (Å²) in [4.78, 5) is 0. The first-order valence-electron chi connectivity index (χ1n) is 3.38. The average molecular weight is 190 g/mol. The Hall–Kier alpha value is -0.810. The molecule has 1 rings (SSSR count). The van der Waals surface area contributed by atoms with Crippen LogP contribution in [0.25, 0.3) is 0 Å². The molecule has 1 aromatic rings. The van der Waals surface area contributed by atoms with Crippen molar-refractivity contribution >= 4 is 9.84 Å². The normalized spacial score (nSPS) is 14.5. The van der Waals surface area contributed by atoms with Gasteiger partial charge in [-0.05, 0) is 12.1 Å². The Labute approximate surface area is 70.7 Å². The van der Waals surface area contributed by atoms with Crippen molar-refractivity contribution in [3.8, 4) is 0 Å². The molecule has 0 spiro atoms. The molecule has 1 heterocycles. The van der Waals surface area contributed by atoms with E-state index in [1.54, 1.807) is 6.07 Å². The highest BCUT2D eigenvalue weighted by molar-refractivity contribution is 7.90. The van der Waals surface area contributed by atoms with Gasteiger partial charge in [0.15, 0.2) is 0 Å². The molecule has 1 unspecified atom stereocenters. The van der Waals surface area contributed by atoms with Gasteiger partial charge in [-0.15, -0.1) is 0 Å². The fraction of sp³-hybridized carbons (Fsp3) is 0.429. The lowest BCUT2D eigenvalue weighted by atomic mass is 10.3. The highest BCUT2D eigenvalue weighted by Crippen LogP contribution is 2.14. The van der Waals surface area contributed by atoms with Crippen LogP contribution >= 0.6 is 0 Å². The Morgan fingerprint density at radius 2 is 2.33 bits per heavy atom. The predicted molar refractivity (Wildman–Crippen MR) is 43.4 cm³/mol. The van der Waals surface area contributed by atoms with Crippen LogP contribution in [0.4, 0.5) is 0 Å². The lowest BCUT2D eigenvalue weighted by molar-refractivity contribution is 0.172. The molecule has 0 saturated heterocycles. The minimum Gasteiger partial charge on any atom is -0.467 e. The number of hydrogen-bond acceptors (Lipinski definition) is 4. The van der Waals surface area contributed by atoms with Crippen LogP contribution in [0.2, 0.25) is 0 Å². The predicted octanol–water partition coefficient (Wildman–Crippen LogP) is 0.358. The molecule has 0 aliphatic heterocycles. The molecule has 0 amide bonds. The molecule has 5 heteroatoms. The van der Waals surface area contributed by atoms with Crippen molar-refractivity contribution in [2.45, 2.75) is 6.10 Å². The van der Waals surface area contributed by atoms with Gasteiger partial charge >= 0.3 is 0 Å². The van der Waals surface area contributed by atoms with E-state index in [0.29, 0.717) is 0 Å². The van der Waals surface area contributed by atoms with Crippen LogP contribution in [-0.2, 0) is 9.84 Å². The van der Waals surface area contributed by atoms with Crippen LogP contribution in [0.15, 0.2) is 22.8 Å². The number of aliphatic hydroxyl groups excluding tert-OH is 1. The molecule has 0 aliphatic rings. The number of sulfone groups is 1. The average Bonchev–Trinajstić information content (AvgIpc) is 2.32. The van der Waals surface area contributed by atoms with E-state index in [2.05, 4.69) is 0 Å². The van der Waals surface area contributed by atoms with Crippen molar-refractivity contribution in [1.29, 1.82) is 0 Å². The second kappa shape index (κ2) is 3.28. The molecule has 0 radical (unpaired) electrons. The molecule has 1 atom stereocenters. The Morgan fingerprint density at radius 1 is 1.67 bits per heavy atom. The topological polar surface area (TPSA) is 67.5 Å².